The van der Waals surface area contributed by atoms with Crippen molar-refractivity contribution in [2.45, 2.75) is 6.54 Å². The van der Waals surface area contributed by atoms with Crippen LogP contribution in [0.1, 0.15) is 5.69 Å². The van der Waals surface area contributed by atoms with Gasteiger partial charge in [0.25, 0.3) is 0 Å². The molecule has 1 rings (SSSR count). The number of nitrogens with zero attached hydrogens (tertiary/aromatic N) is 1. The van der Waals surface area contributed by atoms with Crippen molar-refractivity contribution >= 4 is 22.6 Å². The molecule has 0 fully saturated rings. The molecule has 0 aliphatic heterocycles. The van der Waals surface area contributed by atoms with E-state index in [-0.39, 0.29) is 12.4 Å². The van der Waals surface area contributed by atoms with Crippen molar-refractivity contribution in [1.29, 1.82) is 0 Å². The highest BCUT2D eigenvalue weighted by atomic mass is 127. The Morgan fingerprint density at radius 2 is 2.40 bits per heavy atom. The zero-order valence-electron chi connectivity index (χ0n) is 5.14. The summed E-state index contributed by atoms with van der Waals surface area (Å²) in [6.07, 6.45) is 1.59. The van der Waals surface area contributed by atoms with E-state index in [1.165, 1.54) is 6.07 Å². The van der Waals surface area contributed by atoms with E-state index in [1.807, 2.05) is 22.6 Å². The first-order valence-electron chi connectivity index (χ1n) is 2.74. The highest BCUT2D eigenvalue weighted by Gasteiger charge is 2.00. The van der Waals surface area contributed by atoms with Gasteiger partial charge in [0.05, 0.1) is 5.69 Å². The average molecular weight is 252 g/mol. The summed E-state index contributed by atoms with van der Waals surface area (Å²) >= 11 is 2.00. The standard InChI is InChI=1S/C6H6FIN2/c7-5-1-4(8)3-10-6(5)2-9/h1,3H,2,9H2. The first kappa shape index (κ1) is 7.87. The van der Waals surface area contributed by atoms with Crippen molar-refractivity contribution in [3.63, 3.8) is 0 Å². The van der Waals surface area contributed by atoms with Gasteiger partial charge < -0.3 is 5.73 Å². The minimum atomic E-state index is -0.325. The van der Waals surface area contributed by atoms with Crippen LogP contribution in [-0.4, -0.2) is 4.98 Å². The van der Waals surface area contributed by atoms with Gasteiger partial charge in [-0.25, -0.2) is 4.39 Å². The van der Waals surface area contributed by atoms with Crippen LogP contribution in [0.25, 0.3) is 0 Å². The predicted molar refractivity (Wildman–Crippen MR) is 44.8 cm³/mol. The van der Waals surface area contributed by atoms with Gasteiger partial charge in [0, 0.05) is 16.3 Å². The van der Waals surface area contributed by atoms with Crippen LogP contribution < -0.4 is 5.73 Å². The van der Waals surface area contributed by atoms with E-state index in [0.717, 1.165) is 3.57 Å². The zero-order chi connectivity index (χ0) is 7.56. The van der Waals surface area contributed by atoms with Crippen LogP contribution in [-0.2, 0) is 6.54 Å². The molecule has 0 saturated carbocycles. The van der Waals surface area contributed by atoms with Gasteiger partial charge >= 0.3 is 0 Å². The summed E-state index contributed by atoms with van der Waals surface area (Å²) in [5, 5.41) is 0. The second kappa shape index (κ2) is 3.25. The third kappa shape index (κ3) is 1.63. The highest BCUT2D eigenvalue weighted by molar-refractivity contribution is 14.1. The van der Waals surface area contributed by atoms with Crippen molar-refractivity contribution in [3.8, 4) is 0 Å². The molecule has 0 aromatic carbocycles. The van der Waals surface area contributed by atoms with E-state index in [1.54, 1.807) is 6.20 Å². The number of hydrogen-bond donors (Lipinski definition) is 1. The highest BCUT2D eigenvalue weighted by Crippen LogP contribution is 2.07. The first-order chi connectivity index (χ1) is 4.74. The molecule has 0 bridgehead atoms. The lowest BCUT2D eigenvalue weighted by Crippen LogP contribution is -2.02. The molecule has 0 radical (unpaired) electrons. The number of rotatable bonds is 1. The van der Waals surface area contributed by atoms with Crippen molar-refractivity contribution < 1.29 is 4.39 Å². The maximum absolute atomic E-state index is 12.7. The van der Waals surface area contributed by atoms with E-state index in [0.29, 0.717) is 5.69 Å². The lowest BCUT2D eigenvalue weighted by atomic mass is 10.3. The van der Waals surface area contributed by atoms with Crippen LogP contribution in [0.3, 0.4) is 0 Å². The van der Waals surface area contributed by atoms with Gasteiger partial charge in [0.15, 0.2) is 0 Å². The molecule has 2 N–H and O–H groups in total. The Kier molecular flexibility index (Phi) is 2.56. The number of hydrogen-bond acceptors (Lipinski definition) is 2. The lowest BCUT2D eigenvalue weighted by Gasteiger charge is -1.96. The van der Waals surface area contributed by atoms with Crippen LogP contribution >= 0.6 is 22.6 Å². The number of nitrogens with two attached hydrogens (primary N) is 1. The van der Waals surface area contributed by atoms with Gasteiger partial charge in [-0.05, 0) is 28.7 Å². The molecule has 1 aromatic rings. The van der Waals surface area contributed by atoms with Gasteiger partial charge in [0.1, 0.15) is 5.82 Å². The summed E-state index contributed by atoms with van der Waals surface area (Å²) in [5.74, 6) is -0.325. The van der Waals surface area contributed by atoms with Gasteiger partial charge in [0.2, 0.25) is 0 Å². The van der Waals surface area contributed by atoms with Crippen LogP contribution in [0.2, 0.25) is 0 Å². The van der Waals surface area contributed by atoms with Crippen molar-refractivity contribution in [2.24, 2.45) is 5.73 Å². The molecule has 0 aliphatic carbocycles. The van der Waals surface area contributed by atoms with Crippen LogP contribution in [0, 0.1) is 9.39 Å². The Labute approximate surface area is 71.8 Å². The van der Waals surface area contributed by atoms with Crippen molar-refractivity contribution in [1.82, 2.24) is 4.98 Å². The van der Waals surface area contributed by atoms with E-state index < -0.39 is 0 Å². The summed E-state index contributed by atoms with van der Waals surface area (Å²) in [6, 6.07) is 1.41. The number of pyridine rings is 1. The Balaban J connectivity index is 3.07. The summed E-state index contributed by atoms with van der Waals surface area (Å²) in [7, 11) is 0. The molecular weight excluding hydrogens is 246 g/mol. The largest absolute Gasteiger partial charge is 0.325 e. The molecule has 54 valence electrons. The number of aromatic nitrogens is 1. The average Bonchev–Trinajstić information content (AvgIpc) is 1.88. The normalized spacial score (nSPS) is 9.90. The monoisotopic (exact) mass is 252 g/mol. The molecule has 0 saturated heterocycles. The topological polar surface area (TPSA) is 38.9 Å². The van der Waals surface area contributed by atoms with Crippen molar-refractivity contribution in [2.75, 3.05) is 0 Å². The summed E-state index contributed by atoms with van der Waals surface area (Å²) in [4.78, 5) is 3.79. The predicted octanol–water partition coefficient (Wildman–Crippen LogP) is 1.28. The second-order valence-electron chi connectivity index (χ2n) is 1.79. The molecule has 1 heterocycles. The SMILES string of the molecule is NCc1ncc(I)cc1F. The van der Waals surface area contributed by atoms with E-state index in [4.69, 9.17) is 5.73 Å². The van der Waals surface area contributed by atoms with Crippen LogP contribution in [0.5, 0.6) is 0 Å². The Bertz CT molecular complexity index is 239. The third-order valence-corrected chi connectivity index (χ3v) is 1.67. The molecule has 0 amide bonds. The molecule has 2 nitrogen and oxygen atoms in total. The Morgan fingerprint density at radius 1 is 1.70 bits per heavy atom. The molecular formula is C6H6FIN2. The van der Waals surface area contributed by atoms with Gasteiger partial charge in [-0.3, -0.25) is 4.98 Å². The summed E-state index contributed by atoms with van der Waals surface area (Å²) in [5.41, 5.74) is 5.52. The minimum absolute atomic E-state index is 0.156. The zero-order valence-corrected chi connectivity index (χ0v) is 7.30. The Morgan fingerprint density at radius 3 is 2.90 bits per heavy atom. The summed E-state index contributed by atoms with van der Waals surface area (Å²) in [6.45, 7) is 0.156. The smallest absolute Gasteiger partial charge is 0.147 e. The maximum Gasteiger partial charge on any atom is 0.147 e. The summed E-state index contributed by atoms with van der Waals surface area (Å²) < 4.78 is 13.5. The second-order valence-corrected chi connectivity index (χ2v) is 3.03. The molecule has 0 unspecified atom stereocenters. The van der Waals surface area contributed by atoms with E-state index >= 15 is 0 Å². The molecule has 10 heavy (non-hydrogen) atoms. The number of halogens is 2. The van der Waals surface area contributed by atoms with Crippen LogP contribution in [0.4, 0.5) is 4.39 Å². The van der Waals surface area contributed by atoms with Gasteiger partial charge in [-0.2, -0.15) is 0 Å². The quantitative estimate of drug-likeness (QED) is 0.765. The molecule has 1 aromatic heterocycles. The van der Waals surface area contributed by atoms with E-state index in [9.17, 15) is 4.39 Å². The molecule has 0 atom stereocenters. The molecule has 0 aliphatic rings. The fraction of sp³-hybridized carbons (Fsp3) is 0.167. The molecule has 4 heteroatoms. The van der Waals surface area contributed by atoms with Crippen molar-refractivity contribution in [3.05, 3.63) is 27.3 Å². The fourth-order valence-electron chi connectivity index (χ4n) is 0.593. The third-order valence-electron chi connectivity index (χ3n) is 1.08. The van der Waals surface area contributed by atoms with E-state index in [2.05, 4.69) is 4.98 Å². The van der Waals surface area contributed by atoms with Gasteiger partial charge in [-0.15, -0.1) is 0 Å². The van der Waals surface area contributed by atoms with Gasteiger partial charge in [-0.1, -0.05) is 0 Å². The fourth-order valence-corrected chi connectivity index (χ4v) is 1.01. The first-order valence-corrected chi connectivity index (χ1v) is 3.82. The lowest BCUT2D eigenvalue weighted by molar-refractivity contribution is 0.598. The van der Waals surface area contributed by atoms with Crippen LogP contribution in [0.15, 0.2) is 12.3 Å². The molecule has 0 spiro atoms. The Hall–Kier alpha value is -0.230. The minimum Gasteiger partial charge on any atom is -0.325 e. The maximum atomic E-state index is 12.7.